The number of hydrogen-bond acceptors (Lipinski definition) is 5. The van der Waals surface area contributed by atoms with Gasteiger partial charge in [0.15, 0.2) is 22.5 Å². The summed E-state index contributed by atoms with van der Waals surface area (Å²) in [7, 11) is -5.97. The molecule has 13 heteroatoms. The van der Waals surface area contributed by atoms with Gasteiger partial charge in [-0.1, -0.05) is 6.07 Å². The van der Waals surface area contributed by atoms with E-state index in [1.54, 1.807) is 18.2 Å². The molecule has 0 N–H and O–H groups in total. The Balaban J connectivity index is 0.000000273. The Bertz CT molecular complexity index is 691. The van der Waals surface area contributed by atoms with Crippen LogP contribution in [0.5, 0.6) is 0 Å². The predicted octanol–water partition coefficient (Wildman–Crippen LogP) is 0.520. The number of carbonyl (C=O) groups is 1. The zero-order valence-corrected chi connectivity index (χ0v) is 14.0. The van der Waals surface area contributed by atoms with E-state index in [-0.39, 0.29) is 26.3 Å². The molecule has 1 aromatic heterocycles. The fourth-order valence-electron chi connectivity index (χ4n) is 1.80. The minimum atomic E-state index is -5.97. The van der Waals surface area contributed by atoms with Crippen LogP contribution in [0.1, 0.15) is 0 Å². The van der Waals surface area contributed by atoms with Crippen LogP contribution in [0, 0.1) is 0 Å². The third-order valence-corrected chi connectivity index (χ3v) is 3.80. The summed E-state index contributed by atoms with van der Waals surface area (Å²) >= 11 is 0. The molecule has 1 aromatic rings. The number of halogens is 5. The molecule has 1 aliphatic rings. The third kappa shape index (κ3) is 6.80. The van der Waals surface area contributed by atoms with Crippen molar-refractivity contribution in [2.45, 2.75) is 18.0 Å². The molecule has 0 spiro atoms. The summed E-state index contributed by atoms with van der Waals surface area (Å²) in [6.45, 7) is -1.14. The summed E-state index contributed by atoms with van der Waals surface area (Å²) in [5, 5.41) is -4.90. The highest BCUT2D eigenvalue weighted by Gasteiger charge is 2.49. The fraction of sp³-hybridized carbons (Fsp3) is 0.538. The van der Waals surface area contributed by atoms with E-state index >= 15 is 0 Å². The smallest absolute Gasteiger partial charge is 0.448 e. The number of amides is 1. The van der Waals surface area contributed by atoms with E-state index in [1.807, 2.05) is 0 Å². The van der Waals surface area contributed by atoms with Crippen molar-refractivity contribution in [3.05, 3.63) is 30.6 Å². The summed E-state index contributed by atoms with van der Waals surface area (Å²) in [5.41, 5.74) is 0. The second kappa shape index (κ2) is 8.68. The number of alkyl halides is 5. The van der Waals surface area contributed by atoms with Gasteiger partial charge in [-0.15, -0.1) is 0 Å². The average molecular weight is 406 g/mol. The average Bonchev–Trinajstić information content (AvgIpc) is 2.54. The van der Waals surface area contributed by atoms with Crippen LogP contribution in [0.2, 0.25) is 0 Å². The summed E-state index contributed by atoms with van der Waals surface area (Å²) in [4.78, 5) is 11.6. The number of hydrogen-bond donors (Lipinski definition) is 0. The topological polar surface area (TPSA) is 90.6 Å². The summed E-state index contributed by atoms with van der Waals surface area (Å²) in [6.07, 6.45) is -1.37. The van der Waals surface area contributed by atoms with E-state index < -0.39 is 34.0 Å². The number of morpholine rings is 1. The van der Waals surface area contributed by atoms with Gasteiger partial charge < -0.3 is 14.2 Å². The number of ether oxygens (including phenoxy) is 1. The van der Waals surface area contributed by atoms with Gasteiger partial charge in [0.2, 0.25) is 6.54 Å². The van der Waals surface area contributed by atoms with E-state index in [0.29, 0.717) is 4.90 Å². The van der Waals surface area contributed by atoms with Crippen molar-refractivity contribution in [2.75, 3.05) is 26.3 Å². The lowest BCUT2D eigenvalue weighted by molar-refractivity contribution is -0.719. The van der Waals surface area contributed by atoms with Gasteiger partial charge in [0.1, 0.15) is 0 Å². The van der Waals surface area contributed by atoms with Crippen molar-refractivity contribution in [3.8, 4) is 0 Å². The lowest BCUT2D eigenvalue weighted by atomic mass is 10.4. The Hall–Kier alpha value is -1.86. The van der Waals surface area contributed by atoms with Gasteiger partial charge in [0, 0.05) is 25.2 Å². The van der Waals surface area contributed by atoms with Crippen molar-refractivity contribution in [1.29, 1.82) is 0 Å². The molecule has 0 radical (unpaired) electrons. The molecule has 2 rings (SSSR count). The number of aromatic nitrogens is 1. The van der Waals surface area contributed by atoms with Crippen LogP contribution >= 0.6 is 0 Å². The summed E-state index contributed by atoms with van der Waals surface area (Å²) in [5.74, 6) is -1.99. The largest absolute Gasteiger partial charge is 0.743 e. The van der Waals surface area contributed by atoms with Gasteiger partial charge in [-0.25, -0.2) is 8.42 Å². The Labute approximate surface area is 145 Å². The number of nitrogens with zero attached hydrogens (tertiary/aromatic N) is 2. The Morgan fingerprint density at radius 2 is 1.58 bits per heavy atom. The lowest BCUT2D eigenvalue weighted by Gasteiger charge is -2.30. The van der Waals surface area contributed by atoms with Gasteiger partial charge in [0.25, 0.3) is 0 Å². The number of pyridine rings is 1. The maximum absolute atomic E-state index is 12.8. The molecule has 1 amide bonds. The molecule has 1 saturated heterocycles. The third-order valence-electron chi connectivity index (χ3n) is 3.00. The van der Waals surface area contributed by atoms with E-state index in [4.69, 9.17) is 4.74 Å². The lowest BCUT2D eigenvalue weighted by Crippen LogP contribution is -2.51. The first-order chi connectivity index (χ1) is 11.8. The Morgan fingerprint density at radius 1 is 1.08 bits per heavy atom. The highest BCUT2D eigenvalue weighted by molar-refractivity contribution is 7.87. The molecular weight excluding hydrogens is 391 g/mol. The minimum Gasteiger partial charge on any atom is -0.743 e. The normalized spacial score (nSPS) is 15.8. The second-order valence-corrected chi connectivity index (χ2v) is 6.46. The summed E-state index contributed by atoms with van der Waals surface area (Å²) in [6, 6.07) is 4.80. The number of rotatable bonds is 3. The summed E-state index contributed by atoms with van der Waals surface area (Å²) < 4.78 is 97.0. The van der Waals surface area contributed by atoms with Crippen LogP contribution in [0.15, 0.2) is 30.6 Å². The van der Waals surface area contributed by atoms with Crippen LogP contribution < -0.4 is 4.57 Å². The SMILES string of the molecule is FC(F)(F)C[n+]1ccccc1.O=C(N1CCOCC1)C(F)(F)S(=O)(=O)[O-]. The maximum Gasteiger partial charge on any atom is 0.448 e. The van der Waals surface area contributed by atoms with Crippen molar-refractivity contribution >= 4 is 16.0 Å². The van der Waals surface area contributed by atoms with Crippen LogP contribution in [0.25, 0.3) is 0 Å². The molecule has 0 unspecified atom stereocenters. The van der Waals surface area contributed by atoms with Crippen LogP contribution in [0.4, 0.5) is 22.0 Å². The molecule has 0 bridgehead atoms. The van der Waals surface area contributed by atoms with Gasteiger partial charge in [-0.2, -0.15) is 26.5 Å². The molecule has 0 aliphatic carbocycles. The van der Waals surface area contributed by atoms with Crippen molar-refractivity contribution in [1.82, 2.24) is 4.90 Å². The molecule has 2 heterocycles. The molecular formula is C13H15F5N2O5S. The molecule has 26 heavy (non-hydrogen) atoms. The molecule has 7 nitrogen and oxygen atoms in total. The first kappa shape index (κ1) is 22.2. The highest BCUT2D eigenvalue weighted by Crippen LogP contribution is 2.23. The molecule has 148 valence electrons. The van der Waals surface area contributed by atoms with E-state index in [0.717, 1.165) is 4.57 Å². The molecule has 1 aliphatic heterocycles. The molecule has 1 fully saturated rings. The predicted molar refractivity (Wildman–Crippen MR) is 74.7 cm³/mol. The first-order valence-electron chi connectivity index (χ1n) is 7.06. The molecule has 0 saturated carbocycles. The monoisotopic (exact) mass is 406 g/mol. The van der Waals surface area contributed by atoms with Crippen molar-refractivity contribution < 1.29 is 49.0 Å². The number of carbonyl (C=O) groups excluding carboxylic acids is 1. The standard InChI is InChI=1S/C7H7F3N.C6H9F2NO5S/c8-7(9,10)6-11-4-2-1-3-5-11;7-6(8,15(11,12)13)5(10)9-1-3-14-4-2-9/h1-5H,6H2;1-4H2,(H,11,12,13)/q+1;/p-1. The van der Waals surface area contributed by atoms with E-state index in [2.05, 4.69) is 0 Å². The zero-order chi connectivity index (χ0) is 20.0. The highest BCUT2D eigenvalue weighted by atomic mass is 32.2. The van der Waals surface area contributed by atoms with Crippen LogP contribution in [0.3, 0.4) is 0 Å². The van der Waals surface area contributed by atoms with Gasteiger partial charge in [-0.05, 0) is 0 Å². The molecule has 0 aromatic carbocycles. The minimum absolute atomic E-state index is 0.0424. The first-order valence-corrected chi connectivity index (χ1v) is 8.46. The van der Waals surface area contributed by atoms with Crippen LogP contribution in [-0.4, -0.2) is 61.5 Å². The zero-order valence-electron chi connectivity index (χ0n) is 13.2. The Kier molecular flexibility index (Phi) is 7.41. The molecule has 0 atom stereocenters. The quantitative estimate of drug-likeness (QED) is 0.415. The van der Waals surface area contributed by atoms with Gasteiger partial charge in [-0.3, -0.25) is 4.79 Å². The second-order valence-electron chi connectivity index (χ2n) is 5.04. The maximum atomic E-state index is 12.8. The van der Waals surface area contributed by atoms with E-state index in [1.165, 1.54) is 12.4 Å². The Morgan fingerprint density at radius 3 is 2.00 bits per heavy atom. The fourth-order valence-corrected chi connectivity index (χ4v) is 2.15. The van der Waals surface area contributed by atoms with E-state index in [9.17, 15) is 39.7 Å². The van der Waals surface area contributed by atoms with Crippen molar-refractivity contribution in [3.63, 3.8) is 0 Å². The van der Waals surface area contributed by atoms with Gasteiger partial charge in [0.05, 0.1) is 13.2 Å². The van der Waals surface area contributed by atoms with Crippen molar-refractivity contribution in [2.24, 2.45) is 0 Å². The van der Waals surface area contributed by atoms with Crippen LogP contribution in [-0.2, 0) is 26.2 Å². The van der Waals surface area contributed by atoms with Gasteiger partial charge >= 0.3 is 17.3 Å².